The highest BCUT2D eigenvalue weighted by Gasteiger charge is 2.14. The Morgan fingerprint density at radius 2 is 1.72 bits per heavy atom. The first kappa shape index (κ1) is 18.6. The summed E-state index contributed by atoms with van der Waals surface area (Å²) in [5, 5.41) is 2.41. The molecule has 4 nitrogen and oxygen atoms in total. The van der Waals surface area contributed by atoms with Crippen molar-refractivity contribution in [3.8, 4) is 5.75 Å². The molecule has 0 heterocycles. The van der Waals surface area contributed by atoms with Crippen LogP contribution in [0.2, 0.25) is 0 Å². The molecule has 0 aliphatic heterocycles. The number of hydrogen-bond donors (Lipinski definition) is 1. The van der Waals surface area contributed by atoms with Gasteiger partial charge in [-0.15, -0.1) is 0 Å². The Balaban J connectivity index is 1.91. The molecule has 0 saturated carbocycles. The largest absolute Gasteiger partial charge is 0.426 e. The number of hydrogen-bond acceptors (Lipinski definition) is 3. The lowest BCUT2D eigenvalue weighted by molar-refractivity contribution is -0.134. The number of esters is 1. The van der Waals surface area contributed by atoms with E-state index in [0.717, 1.165) is 28.8 Å². The van der Waals surface area contributed by atoms with Gasteiger partial charge in [-0.05, 0) is 49.6 Å². The summed E-state index contributed by atoms with van der Waals surface area (Å²) in [7, 11) is 0. The van der Waals surface area contributed by atoms with Gasteiger partial charge in [0.2, 0.25) is 0 Å². The highest BCUT2D eigenvalue weighted by atomic mass is 19.1. The molecule has 0 fully saturated rings. The van der Waals surface area contributed by atoms with Gasteiger partial charge in [-0.1, -0.05) is 12.1 Å². The molecule has 2 rings (SSSR count). The Kier molecular flexibility index (Phi) is 5.85. The zero-order valence-electron chi connectivity index (χ0n) is 14.3. The van der Waals surface area contributed by atoms with Crippen LogP contribution in [-0.2, 0) is 4.79 Å². The van der Waals surface area contributed by atoms with Crippen LogP contribution in [0.15, 0.2) is 30.3 Å². The molecule has 0 radical (unpaired) electrons. The molecule has 2 aromatic rings. The number of amides is 1. The van der Waals surface area contributed by atoms with Crippen LogP contribution in [0.5, 0.6) is 5.75 Å². The molecule has 0 aromatic heterocycles. The zero-order chi connectivity index (χ0) is 18.6. The number of carbonyl (C=O) groups excluding carboxylic acids is 2. The molecule has 132 valence electrons. The fourth-order valence-corrected chi connectivity index (χ4v) is 2.29. The minimum atomic E-state index is -0.953. The first-order chi connectivity index (χ1) is 11.8. The van der Waals surface area contributed by atoms with Crippen molar-refractivity contribution < 1.29 is 23.1 Å². The van der Waals surface area contributed by atoms with Crippen LogP contribution >= 0.6 is 0 Å². The van der Waals surface area contributed by atoms with Gasteiger partial charge in [0, 0.05) is 12.6 Å². The molecule has 0 aliphatic rings. The lowest BCUT2D eigenvalue weighted by atomic mass is 10.1. The second kappa shape index (κ2) is 7.88. The van der Waals surface area contributed by atoms with Gasteiger partial charge in [0.25, 0.3) is 5.91 Å². The molecule has 6 heteroatoms. The Labute approximate surface area is 144 Å². The van der Waals surface area contributed by atoms with E-state index in [1.165, 1.54) is 0 Å². The van der Waals surface area contributed by atoms with Crippen LogP contribution in [0.3, 0.4) is 0 Å². The summed E-state index contributed by atoms with van der Waals surface area (Å²) in [6.45, 7) is 5.61. The summed E-state index contributed by atoms with van der Waals surface area (Å²) in [5.74, 6) is -2.42. The fourth-order valence-electron chi connectivity index (χ4n) is 2.29. The van der Waals surface area contributed by atoms with Crippen LogP contribution < -0.4 is 10.1 Å². The highest BCUT2D eigenvalue weighted by molar-refractivity contribution is 5.94. The predicted octanol–water partition coefficient (Wildman–Crippen LogP) is 3.62. The van der Waals surface area contributed by atoms with Crippen LogP contribution in [0, 0.1) is 32.4 Å². The molecule has 1 N–H and O–H groups in total. The van der Waals surface area contributed by atoms with Gasteiger partial charge >= 0.3 is 5.97 Å². The molecule has 0 unspecified atom stereocenters. The molecule has 2 aromatic carbocycles. The quantitative estimate of drug-likeness (QED) is 0.664. The monoisotopic (exact) mass is 347 g/mol. The SMILES string of the molecule is Cc1ccc(C)c(OC(=O)CCNC(=O)c2ccc(F)cc2F)c1C. The summed E-state index contributed by atoms with van der Waals surface area (Å²) >= 11 is 0. The van der Waals surface area contributed by atoms with E-state index in [9.17, 15) is 18.4 Å². The summed E-state index contributed by atoms with van der Waals surface area (Å²) in [5.41, 5.74) is 2.45. The number of halogens is 2. The lowest BCUT2D eigenvalue weighted by Gasteiger charge is -2.12. The third-order valence-electron chi connectivity index (χ3n) is 3.88. The maximum Gasteiger partial charge on any atom is 0.312 e. The number of nitrogens with one attached hydrogen (secondary N) is 1. The molecule has 0 atom stereocenters. The minimum absolute atomic E-state index is 0.0155. The van der Waals surface area contributed by atoms with Gasteiger partial charge < -0.3 is 10.1 Å². The van der Waals surface area contributed by atoms with Crippen LogP contribution in [0.4, 0.5) is 8.78 Å². The Hall–Kier alpha value is -2.76. The Morgan fingerprint density at radius 1 is 1.04 bits per heavy atom. The highest BCUT2D eigenvalue weighted by Crippen LogP contribution is 2.26. The zero-order valence-corrected chi connectivity index (χ0v) is 14.3. The van der Waals surface area contributed by atoms with Crippen LogP contribution in [0.25, 0.3) is 0 Å². The van der Waals surface area contributed by atoms with Crippen molar-refractivity contribution in [3.05, 3.63) is 64.2 Å². The molecule has 25 heavy (non-hydrogen) atoms. The van der Waals surface area contributed by atoms with Crippen LogP contribution in [0.1, 0.15) is 33.5 Å². The van der Waals surface area contributed by atoms with Crippen molar-refractivity contribution in [2.45, 2.75) is 27.2 Å². The molecule has 0 saturated heterocycles. The summed E-state index contributed by atoms with van der Waals surface area (Å²) in [6.07, 6.45) is -0.0681. The average molecular weight is 347 g/mol. The molecule has 0 spiro atoms. The van der Waals surface area contributed by atoms with Crippen molar-refractivity contribution in [2.24, 2.45) is 0 Å². The molecular weight excluding hydrogens is 328 g/mol. The molecule has 0 aliphatic carbocycles. The third-order valence-corrected chi connectivity index (χ3v) is 3.88. The maximum atomic E-state index is 13.5. The number of rotatable bonds is 5. The first-order valence-electron chi connectivity index (χ1n) is 7.80. The predicted molar refractivity (Wildman–Crippen MR) is 89.6 cm³/mol. The van der Waals surface area contributed by atoms with E-state index in [1.807, 2.05) is 32.9 Å². The van der Waals surface area contributed by atoms with Crippen molar-refractivity contribution in [1.29, 1.82) is 0 Å². The normalized spacial score (nSPS) is 10.4. The van der Waals surface area contributed by atoms with Crippen LogP contribution in [-0.4, -0.2) is 18.4 Å². The van der Waals surface area contributed by atoms with Crippen molar-refractivity contribution in [2.75, 3.05) is 6.54 Å². The standard InChI is InChI=1S/C19H19F2NO3/c1-11-4-5-12(2)18(13(11)3)25-17(23)8-9-22-19(24)15-7-6-14(20)10-16(15)21/h4-7,10H,8-9H2,1-3H3,(H,22,24). The number of benzene rings is 2. The molecule has 1 amide bonds. The average Bonchev–Trinajstić information content (AvgIpc) is 2.55. The molecule has 0 bridgehead atoms. The molecular formula is C19H19F2NO3. The van der Waals surface area contributed by atoms with E-state index >= 15 is 0 Å². The van der Waals surface area contributed by atoms with E-state index in [1.54, 1.807) is 0 Å². The van der Waals surface area contributed by atoms with Gasteiger partial charge in [-0.25, -0.2) is 8.78 Å². The fraction of sp³-hybridized carbons (Fsp3) is 0.263. The summed E-state index contributed by atoms with van der Waals surface area (Å²) in [4.78, 5) is 23.8. The van der Waals surface area contributed by atoms with Crippen molar-refractivity contribution >= 4 is 11.9 Å². The van der Waals surface area contributed by atoms with Gasteiger partial charge in [0.05, 0.1) is 12.0 Å². The summed E-state index contributed by atoms with van der Waals surface area (Å²) in [6, 6.07) is 6.49. The van der Waals surface area contributed by atoms with E-state index < -0.39 is 23.5 Å². The van der Waals surface area contributed by atoms with E-state index in [2.05, 4.69) is 5.32 Å². The third kappa shape index (κ3) is 4.62. The Bertz CT molecular complexity index is 819. The maximum absolute atomic E-state index is 13.5. The van der Waals surface area contributed by atoms with Gasteiger partial charge in [0.15, 0.2) is 0 Å². The number of carbonyl (C=O) groups is 2. The van der Waals surface area contributed by atoms with E-state index in [4.69, 9.17) is 4.74 Å². The second-order valence-electron chi connectivity index (χ2n) is 5.76. The topological polar surface area (TPSA) is 55.4 Å². The van der Waals surface area contributed by atoms with Gasteiger partial charge in [-0.2, -0.15) is 0 Å². The van der Waals surface area contributed by atoms with Gasteiger partial charge in [-0.3, -0.25) is 9.59 Å². The van der Waals surface area contributed by atoms with Crippen molar-refractivity contribution in [3.63, 3.8) is 0 Å². The number of ether oxygens (including phenoxy) is 1. The summed E-state index contributed by atoms with van der Waals surface area (Å²) < 4.78 is 31.7. The van der Waals surface area contributed by atoms with Gasteiger partial charge in [0.1, 0.15) is 17.4 Å². The number of aryl methyl sites for hydroxylation is 2. The Morgan fingerprint density at radius 3 is 2.40 bits per heavy atom. The second-order valence-corrected chi connectivity index (χ2v) is 5.76. The van der Waals surface area contributed by atoms with E-state index in [0.29, 0.717) is 11.8 Å². The van der Waals surface area contributed by atoms with E-state index in [-0.39, 0.29) is 18.5 Å². The smallest absolute Gasteiger partial charge is 0.312 e. The minimum Gasteiger partial charge on any atom is -0.426 e. The first-order valence-corrected chi connectivity index (χ1v) is 7.80. The lowest BCUT2D eigenvalue weighted by Crippen LogP contribution is -2.28. The van der Waals surface area contributed by atoms with Crippen molar-refractivity contribution in [1.82, 2.24) is 5.32 Å².